The van der Waals surface area contributed by atoms with Crippen molar-refractivity contribution in [3.63, 3.8) is 0 Å². The fraction of sp³-hybridized carbons (Fsp3) is 0.414. The molecular weight excluding hydrogens is 508 g/mol. The van der Waals surface area contributed by atoms with Crippen LogP contribution in [0.1, 0.15) is 43.7 Å². The predicted octanol–water partition coefficient (Wildman–Crippen LogP) is 4.04. The molecule has 0 saturated heterocycles. The summed E-state index contributed by atoms with van der Waals surface area (Å²) in [5, 5.41) is 16.3. The van der Waals surface area contributed by atoms with Crippen molar-refractivity contribution in [3.05, 3.63) is 53.0 Å². The van der Waals surface area contributed by atoms with Gasteiger partial charge in [-0.2, -0.15) is 10.2 Å². The first-order valence-electron chi connectivity index (χ1n) is 13.4. The maximum absolute atomic E-state index is 13.2. The third-order valence-electron chi connectivity index (χ3n) is 7.13. The molecule has 1 fully saturated rings. The molecule has 1 aliphatic rings. The van der Waals surface area contributed by atoms with Crippen LogP contribution in [0.4, 0.5) is 23.0 Å². The molecule has 40 heavy (non-hydrogen) atoms. The lowest BCUT2D eigenvalue weighted by molar-refractivity contribution is -0.111. The van der Waals surface area contributed by atoms with E-state index in [1.54, 1.807) is 30.0 Å². The molecule has 1 aromatic carbocycles. The van der Waals surface area contributed by atoms with Gasteiger partial charge in [-0.3, -0.25) is 14.2 Å². The Labute approximate surface area is 234 Å². The Hall–Kier alpha value is -4.43. The fourth-order valence-corrected chi connectivity index (χ4v) is 4.96. The molecule has 11 nitrogen and oxygen atoms in total. The summed E-state index contributed by atoms with van der Waals surface area (Å²) in [7, 11) is 7.51. The van der Waals surface area contributed by atoms with Gasteiger partial charge in [-0.05, 0) is 45.1 Å². The molecule has 4 rings (SSSR count). The first kappa shape index (κ1) is 28.6. The van der Waals surface area contributed by atoms with E-state index in [2.05, 4.69) is 27.1 Å². The van der Waals surface area contributed by atoms with Crippen molar-refractivity contribution in [2.45, 2.75) is 38.1 Å². The van der Waals surface area contributed by atoms with Gasteiger partial charge in [0, 0.05) is 43.8 Å². The van der Waals surface area contributed by atoms with Gasteiger partial charge in [0.15, 0.2) is 0 Å². The Balaban J connectivity index is 1.78. The topological polar surface area (TPSA) is 128 Å². The lowest BCUT2D eigenvalue weighted by Crippen LogP contribution is -2.29. The summed E-state index contributed by atoms with van der Waals surface area (Å²) in [6, 6.07) is 7.15. The van der Waals surface area contributed by atoms with Gasteiger partial charge in [-0.15, -0.1) is 0 Å². The van der Waals surface area contributed by atoms with Crippen LogP contribution in [0.3, 0.4) is 0 Å². The lowest BCUT2D eigenvalue weighted by atomic mass is 9.95. The van der Waals surface area contributed by atoms with E-state index < -0.39 is 0 Å². The maximum Gasteiger partial charge on any atom is 0.270 e. The van der Waals surface area contributed by atoms with Crippen molar-refractivity contribution in [3.8, 4) is 11.8 Å². The number of methoxy groups -OCH3 is 1. The number of hydrogen-bond acceptors (Lipinski definition) is 9. The van der Waals surface area contributed by atoms with Crippen molar-refractivity contribution in [1.82, 2.24) is 19.4 Å². The lowest BCUT2D eigenvalue weighted by Gasteiger charge is -2.26. The minimum Gasteiger partial charge on any atom is -0.494 e. The van der Waals surface area contributed by atoms with Gasteiger partial charge in [0.2, 0.25) is 11.9 Å². The Morgan fingerprint density at radius 2 is 1.95 bits per heavy atom. The minimum atomic E-state index is -0.342. The Morgan fingerprint density at radius 1 is 1.20 bits per heavy atom. The van der Waals surface area contributed by atoms with Crippen LogP contribution in [0, 0.1) is 11.3 Å². The number of carbonyl (C=O) groups excluding carboxylic acids is 1. The molecule has 1 amide bonds. The van der Waals surface area contributed by atoms with Crippen LogP contribution in [-0.4, -0.2) is 66.7 Å². The number of amides is 1. The summed E-state index contributed by atoms with van der Waals surface area (Å²) in [5.74, 6) is 0.441. The molecule has 0 radical (unpaired) electrons. The van der Waals surface area contributed by atoms with Gasteiger partial charge in [0.05, 0.1) is 24.2 Å². The third kappa shape index (κ3) is 6.24. The summed E-state index contributed by atoms with van der Waals surface area (Å²) < 4.78 is 7.36. The smallest absolute Gasteiger partial charge is 0.270 e. The number of carbonyl (C=O) groups is 1. The number of anilines is 4. The summed E-state index contributed by atoms with van der Waals surface area (Å²) in [6.07, 6.45) is 7.73. The molecule has 0 bridgehead atoms. The number of nitrogens with zero attached hydrogens (tertiary/aromatic N) is 6. The van der Waals surface area contributed by atoms with Gasteiger partial charge >= 0.3 is 0 Å². The quantitative estimate of drug-likeness (QED) is 0.363. The molecule has 2 heterocycles. The van der Waals surface area contributed by atoms with Crippen LogP contribution in [0.15, 0.2) is 41.8 Å². The van der Waals surface area contributed by atoms with E-state index in [9.17, 15) is 14.9 Å². The Bertz CT molecular complexity index is 1500. The highest BCUT2D eigenvalue weighted by Crippen LogP contribution is 2.38. The van der Waals surface area contributed by atoms with Gasteiger partial charge in [-0.25, -0.2) is 4.98 Å². The summed E-state index contributed by atoms with van der Waals surface area (Å²) in [4.78, 5) is 38.8. The number of ether oxygens (including phenoxy) is 1. The molecular formula is C29H36N8O3. The van der Waals surface area contributed by atoms with Crippen LogP contribution in [0.2, 0.25) is 0 Å². The molecule has 3 aromatic rings. The standard InChI is InChI=1S/C29H36N8O3/c1-6-26(38)32-22-15-23(25(40-5)16-24(22)36(4)13-12-35(2)3)33-29-31-18-20-14-19(17-30)28(39)37(27(20)34-29)21-10-8-7-9-11-21/h6,14-16,18,21H,1,7-13H2,2-5H3,(H,32,38)(H,31,33,34). The number of pyridine rings is 1. The normalized spacial score (nSPS) is 13.6. The van der Waals surface area contributed by atoms with Crippen molar-refractivity contribution in [2.24, 2.45) is 0 Å². The number of fused-ring (bicyclic) bond motifs is 1. The summed E-state index contributed by atoms with van der Waals surface area (Å²) >= 11 is 0. The van der Waals surface area contributed by atoms with Crippen LogP contribution in [0.5, 0.6) is 5.75 Å². The Kier molecular flexibility index (Phi) is 9.01. The fourth-order valence-electron chi connectivity index (χ4n) is 4.96. The molecule has 1 aliphatic carbocycles. The maximum atomic E-state index is 13.2. The van der Waals surface area contributed by atoms with Gasteiger partial charge in [0.1, 0.15) is 23.0 Å². The van der Waals surface area contributed by atoms with Gasteiger partial charge in [0.25, 0.3) is 5.56 Å². The third-order valence-corrected chi connectivity index (χ3v) is 7.13. The second kappa shape index (κ2) is 12.6. The van der Waals surface area contributed by atoms with E-state index in [-0.39, 0.29) is 29.0 Å². The highest BCUT2D eigenvalue weighted by molar-refractivity contribution is 6.02. The molecule has 0 atom stereocenters. The van der Waals surface area contributed by atoms with Gasteiger partial charge in [-0.1, -0.05) is 25.8 Å². The van der Waals surface area contributed by atoms with Crippen molar-refractivity contribution < 1.29 is 9.53 Å². The van der Waals surface area contributed by atoms with Crippen molar-refractivity contribution in [1.29, 1.82) is 5.26 Å². The number of nitrogens with one attached hydrogen (secondary N) is 2. The van der Waals surface area contributed by atoms with E-state index in [1.165, 1.54) is 6.08 Å². The van der Waals surface area contributed by atoms with E-state index in [0.29, 0.717) is 28.2 Å². The van der Waals surface area contributed by atoms with Crippen molar-refractivity contribution in [2.75, 3.05) is 56.9 Å². The number of benzene rings is 1. The van der Waals surface area contributed by atoms with Gasteiger partial charge < -0.3 is 25.2 Å². The highest BCUT2D eigenvalue weighted by atomic mass is 16.5. The highest BCUT2D eigenvalue weighted by Gasteiger charge is 2.22. The average Bonchev–Trinajstić information content (AvgIpc) is 2.96. The molecule has 0 unspecified atom stereocenters. The number of hydrogen-bond donors (Lipinski definition) is 2. The monoisotopic (exact) mass is 544 g/mol. The number of rotatable bonds is 10. The number of aromatic nitrogens is 3. The van der Waals surface area contributed by atoms with Crippen LogP contribution in [0.25, 0.3) is 11.0 Å². The molecule has 1 saturated carbocycles. The van der Waals surface area contributed by atoms with E-state index >= 15 is 0 Å². The van der Waals surface area contributed by atoms with E-state index in [1.807, 2.05) is 38.2 Å². The molecule has 0 aliphatic heterocycles. The van der Waals surface area contributed by atoms with Crippen LogP contribution in [-0.2, 0) is 4.79 Å². The zero-order valence-corrected chi connectivity index (χ0v) is 23.5. The second-order valence-corrected chi connectivity index (χ2v) is 10.2. The number of nitriles is 1. The molecule has 11 heteroatoms. The largest absolute Gasteiger partial charge is 0.494 e. The van der Waals surface area contributed by atoms with Crippen LogP contribution >= 0.6 is 0 Å². The first-order chi connectivity index (χ1) is 19.2. The predicted molar refractivity (Wildman–Crippen MR) is 158 cm³/mol. The van der Waals surface area contributed by atoms with Crippen LogP contribution < -0.4 is 25.8 Å². The van der Waals surface area contributed by atoms with Crippen molar-refractivity contribution >= 4 is 40.0 Å². The number of likely N-dealkylation sites (N-methyl/N-ethyl adjacent to an activating group) is 2. The summed E-state index contributed by atoms with van der Waals surface area (Å²) in [5.41, 5.74) is 2.10. The average molecular weight is 545 g/mol. The second-order valence-electron chi connectivity index (χ2n) is 10.2. The SMILES string of the molecule is C=CC(=O)Nc1cc(Nc2ncc3cc(C#N)c(=O)n(C4CCCCC4)c3n2)c(OC)cc1N(C)CCN(C)C. The molecule has 2 aromatic heterocycles. The minimum absolute atomic E-state index is 0.0213. The Morgan fingerprint density at radius 3 is 2.60 bits per heavy atom. The molecule has 0 spiro atoms. The zero-order chi connectivity index (χ0) is 28.8. The zero-order valence-electron chi connectivity index (χ0n) is 23.5. The molecule has 2 N–H and O–H groups in total. The van der Waals surface area contributed by atoms with E-state index in [0.717, 1.165) is 50.9 Å². The molecule has 210 valence electrons. The summed E-state index contributed by atoms with van der Waals surface area (Å²) in [6.45, 7) is 5.10. The first-order valence-corrected chi connectivity index (χ1v) is 13.4. The van der Waals surface area contributed by atoms with E-state index in [4.69, 9.17) is 9.72 Å².